The Morgan fingerprint density at radius 3 is 2.71 bits per heavy atom. The van der Waals surface area contributed by atoms with Crippen LogP contribution >= 0.6 is 0 Å². The topological polar surface area (TPSA) is 77.1 Å². The summed E-state index contributed by atoms with van der Waals surface area (Å²) in [6.07, 6.45) is 2.12. The second kappa shape index (κ2) is 9.24. The van der Waals surface area contributed by atoms with E-state index in [9.17, 15) is 9.59 Å². The van der Waals surface area contributed by atoms with Crippen LogP contribution in [0.1, 0.15) is 19.3 Å². The summed E-state index contributed by atoms with van der Waals surface area (Å²) in [5, 5.41) is 2.79. The molecule has 1 N–H and O–H groups in total. The van der Waals surface area contributed by atoms with Gasteiger partial charge >= 0.3 is 6.09 Å². The van der Waals surface area contributed by atoms with E-state index < -0.39 is 6.09 Å². The lowest BCUT2D eigenvalue weighted by Gasteiger charge is -2.16. The highest BCUT2D eigenvalue weighted by molar-refractivity contribution is 5.91. The number of nitrogens with one attached hydrogen (secondary N) is 1. The molecule has 1 aliphatic heterocycles. The molecule has 0 aliphatic carbocycles. The number of hydrogen-bond donors (Lipinski definition) is 1. The van der Waals surface area contributed by atoms with Gasteiger partial charge in [0.25, 0.3) is 0 Å². The molecule has 1 saturated heterocycles. The Bertz CT molecular complexity index is 540. The highest BCUT2D eigenvalue weighted by Crippen LogP contribution is 2.17. The molecule has 2 amide bonds. The average molecular weight is 336 g/mol. The Morgan fingerprint density at radius 1 is 1.33 bits per heavy atom. The molecule has 0 aromatic heterocycles. The van der Waals surface area contributed by atoms with Gasteiger partial charge in [-0.1, -0.05) is 0 Å². The van der Waals surface area contributed by atoms with Gasteiger partial charge in [0.15, 0.2) is 0 Å². The maximum atomic E-state index is 11.9. The molecule has 1 heterocycles. The third-order valence-corrected chi connectivity index (χ3v) is 3.79. The molecule has 1 aromatic carbocycles. The predicted molar refractivity (Wildman–Crippen MR) is 90.3 cm³/mol. The van der Waals surface area contributed by atoms with Gasteiger partial charge in [-0.2, -0.15) is 0 Å². The third kappa shape index (κ3) is 5.50. The van der Waals surface area contributed by atoms with Gasteiger partial charge < -0.3 is 19.5 Å². The van der Waals surface area contributed by atoms with E-state index in [2.05, 4.69) is 10.1 Å². The van der Waals surface area contributed by atoms with E-state index >= 15 is 0 Å². The van der Waals surface area contributed by atoms with Crippen molar-refractivity contribution in [2.24, 2.45) is 0 Å². The number of benzene rings is 1. The van der Waals surface area contributed by atoms with Gasteiger partial charge in [0.05, 0.1) is 32.8 Å². The van der Waals surface area contributed by atoms with Crippen molar-refractivity contribution in [1.29, 1.82) is 0 Å². The maximum absolute atomic E-state index is 11.9. The van der Waals surface area contributed by atoms with Gasteiger partial charge in [-0.3, -0.25) is 9.69 Å². The molecule has 0 bridgehead atoms. The van der Waals surface area contributed by atoms with E-state index in [4.69, 9.17) is 9.47 Å². The molecule has 1 unspecified atom stereocenters. The summed E-state index contributed by atoms with van der Waals surface area (Å²) in [6.45, 7) is 1.71. The number of ether oxygens (including phenoxy) is 3. The van der Waals surface area contributed by atoms with Crippen LogP contribution in [0.5, 0.6) is 0 Å². The zero-order chi connectivity index (χ0) is 17.4. The fourth-order valence-corrected chi connectivity index (χ4v) is 2.39. The monoisotopic (exact) mass is 336 g/mol. The lowest BCUT2D eigenvalue weighted by atomic mass is 10.2. The van der Waals surface area contributed by atoms with Crippen molar-refractivity contribution in [1.82, 2.24) is 0 Å². The molecular weight excluding hydrogens is 312 g/mol. The van der Waals surface area contributed by atoms with Crippen LogP contribution in [0.3, 0.4) is 0 Å². The standard InChI is InChI=1S/C17H24N2O5/c1-19(17(21)22-2)14-7-5-13(6-8-14)18-16(20)9-11-23-12-15-4-3-10-24-15/h5-8,15H,3-4,9-12H2,1-2H3,(H,18,20). The van der Waals surface area contributed by atoms with E-state index in [1.165, 1.54) is 12.0 Å². The Labute approximate surface area is 141 Å². The summed E-state index contributed by atoms with van der Waals surface area (Å²) in [4.78, 5) is 24.7. The highest BCUT2D eigenvalue weighted by Gasteiger charge is 2.15. The Kier molecular flexibility index (Phi) is 7.02. The number of methoxy groups -OCH3 is 1. The van der Waals surface area contributed by atoms with Crippen molar-refractivity contribution >= 4 is 23.4 Å². The first kappa shape index (κ1) is 18.2. The van der Waals surface area contributed by atoms with Crippen molar-refractivity contribution in [3.05, 3.63) is 24.3 Å². The number of carbonyl (C=O) groups is 2. The molecule has 24 heavy (non-hydrogen) atoms. The number of anilines is 2. The fourth-order valence-electron chi connectivity index (χ4n) is 2.39. The molecule has 1 atom stereocenters. The number of nitrogens with zero attached hydrogens (tertiary/aromatic N) is 1. The van der Waals surface area contributed by atoms with Gasteiger partial charge in [0.2, 0.25) is 5.91 Å². The number of hydrogen-bond acceptors (Lipinski definition) is 5. The van der Waals surface area contributed by atoms with Crippen LogP contribution in [-0.4, -0.2) is 52.1 Å². The Balaban J connectivity index is 1.70. The SMILES string of the molecule is COC(=O)N(C)c1ccc(NC(=O)CCOCC2CCCO2)cc1. The van der Waals surface area contributed by atoms with Crippen molar-refractivity contribution in [2.75, 3.05) is 44.2 Å². The van der Waals surface area contributed by atoms with E-state index in [0.717, 1.165) is 19.4 Å². The number of carbonyl (C=O) groups excluding carboxylic acids is 2. The van der Waals surface area contributed by atoms with Crippen molar-refractivity contribution < 1.29 is 23.8 Å². The second-order valence-corrected chi connectivity index (χ2v) is 5.58. The lowest BCUT2D eigenvalue weighted by Crippen LogP contribution is -2.25. The van der Waals surface area contributed by atoms with Crippen LogP contribution < -0.4 is 10.2 Å². The molecule has 1 aliphatic rings. The fraction of sp³-hybridized carbons (Fsp3) is 0.529. The van der Waals surface area contributed by atoms with Crippen LogP contribution in [0.2, 0.25) is 0 Å². The number of amides is 2. The molecule has 7 nitrogen and oxygen atoms in total. The van der Waals surface area contributed by atoms with E-state index in [1.54, 1.807) is 31.3 Å². The van der Waals surface area contributed by atoms with Crippen LogP contribution in [0.15, 0.2) is 24.3 Å². The van der Waals surface area contributed by atoms with Gasteiger partial charge in [-0.25, -0.2) is 4.79 Å². The molecule has 0 radical (unpaired) electrons. The van der Waals surface area contributed by atoms with E-state index in [0.29, 0.717) is 24.6 Å². The zero-order valence-electron chi connectivity index (χ0n) is 14.1. The molecule has 0 spiro atoms. The van der Waals surface area contributed by atoms with Crippen molar-refractivity contribution in [3.63, 3.8) is 0 Å². The minimum atomic E-state index is -0.449. The molecule has 1 aromatic rings. The normalized spacial score (nSPS) is 16.7. The molecule has 2 rings (SSSR count). The molecule has 7 heteroatoms. The van der Waals surface area contributed by atoms with Gasteiger partial charge in [-0.15, -0.1) is 0 Å². The zero-order valence-corrected chi connectivity index (χ0v) is 14.1. The first-order chi connectivity index (χ1) is 11.6. The van der Waals surface area contributed by atoms with Gasteiger partial charge in [0, 0.05) is 25.0 Å². The summed E-state index contributed by atoms with van der Waals surface area (Å²) < 4.78 is 15.6. The number of rotatable bonds is 7. The smallest absolute Gasteiger partial charge is 0.413 e. The highest BCUT2D eigenvalue weighted by atomic mass is 16.5. The largest absolute Gasteiger partial charge is 0.452 e. The molecular formula is C17H24N2O5. The average Bonchev–Trinajstić information content (AvgIpc) is 3.11. The molecule has 1 fully saturated rings. The predicted octanol–water partition coefficient (Wildman–Crippen LogP) is 2.41. The van der Waals surface area contributed by atoms with E-state index in [1.807, 2.05) is 0 Å². The Morgan fingerprint density at radius 2 is 2.08 bits per heavy atom. The first-order valence-corrected chi connectivity index (χ1v) is 8.01. The summed E-state index contributed by atoms with van der Waals surface area (Å²) in [6, 6.07) is 6.95. The van der Waals surface area contributed by atoms with Crippen LogP contribution in [-0.2, 0) is 19.0 Å². The Hall–Kier alpha value is -2.12. The minimum Gasteiger partial charge on any atom is -0.452 e. The summed E-state index contributed by atoms with van der Waals surface area (Å²) >= 11 is 0. The molecule has 0 saturated carbocycles. The maximum Gasteiger partial charge on any atom is 0.413 e. The quantitative estimate of drug-likeness (QED) is 0.774. The molecule has 132 valence electrons. The minimum absolute atomic E-state index is 0.114. The van der Waals surface area contributed by atoms with Crippen LogP contribution in [0.25, 0.3) is 0 Å². The summed E-state index contributed by atoms with van der Waals surface area (Å²) in [7, 11) is 2.94. The van der Waals surface area contributed by atoms with Crippen LogP contribution in [0.4, 0.5) is 16.2 Å². The summed E-state index contributed by atoms with van der Waals surface area (Å²) in [5.41, 5.74) is 1.35. The lowest BCUT2D eigenvalue weighted by molar-refractivity contribution is -0.117. The second-order valence-electron chi connectivity index (χ2n) is 5.58. The van der Waals surface area contributed by atoms with Gasteiger partial charge in [-0.05, 0) is 37.1 Å². The van der Waals surface area contributed by atoms with Crippen molar-refractivity contribution in [2.45, 2.75) is 25.4 Å². The van der Waals surface area contributed by atoms with E-state index in [-0.39, 0.29) is 18.4 Å². The summed E-state index contributed by atoms with van der Waals surface area (Å²) in [5.74, 6) is -0.114. The van der Waals surface area contributed by atoms with Crippen molar-refractivity contribution in [3.8, 4) is 0 Å². The first-order valence-electron chi connectivity index (χ1n) is 8.01. The van der Waals surface area contributed by atoms with Gasteiger partial charge in [0.1, 0.15) is 0 Å². The van der Waals surface area contributed by atoms with Crippen LogP contribution in [0, 0.1) is 0 Å². The third-order valence-electron chi connectivity index (χ3n) is 3.79.